The molecule has 1 aliphatic rings. The Morgan fingerprint density at radius 3 is 2.85 bits per heavy atom. The van der Waals surface area contributed by atoms with Crippen molar-refractivity contribution < 1.29 is 9.90 Å². The summed E-state index contributed by atoms with van der Waals surface area (Å²) in [7, 11) is 1.74. The number of aromatic nitrogens is 1. The molecule has 0 fully saturated rings. The predicted molar refractivity (Wildman–Crippen MR) is 49.4 cm³/mol. The fraction of sp³-hybridized carbons (Fsp3) is 0.375. The van der Waals surface area contributed by atoms with Gasteiger partial charge in [-0.05, 0) is 6.07 Å². The third-order valence-electron chi connectivity index (χ3n) is 2.18. The van der Waals surface area contributed by atoms with Crippen molar-refractivity contribution in [2.24, 2.45) is 7.05 Å². The summed E-state index contributed by atoms with van der Waals surface area (Å²) in [6.07, 6.45) is 0. The van der Waals surface area contributed by atoms with Gasteiger partial charge in [0, 0.05) is 20.1 Å². The molecule has 0 amide bonds. The van der Waals surface area contributed by atoms with E-state index >= 15 is 0 Å². The topological polar surface area (TPSA) is 66.3 Å². The monoisotopic (exact) mass is 181 g/mol. The normalized spacial score (nSPS) is 14.2. The first-order valence-corrected chi connectivity index (χ1v) is 4.11. The van der Waals surface area contributed by atoms with E-state index in [2.05, 4.69) is 10.6 Å². The minimum atomic E-state index is -0.902. The third-order valence-corrected chi connectivity index (χ3v) is 2.18. The summed E-state index contributed by atoms with van der Waals surface area (Å²) in [6.45, 7) is 1.65. The Labute approximate surface area is 75.4 Å². The Hall–Kier alpha value is -1.65. The molecule has 13 heavy (non-hydrogen) atoms. The number of fused-ring (bicyclic) bond motifs is 1. The van der Waals surface area contributed by atoms with Crippen LogP contribution in [-0.2, 0) is 7.05 Å². The fourth-order valence-electron chi connectivity index (χ4n) is 1.53. The average molecular weight is 181 g/mol. The number of nitrogens with zero attached hydrogens (tertiary/aromatic N) is 1. The predicted octanol–water partition coefficient (Wildman–Crippen LogP) is 0.561. The van der Waals surface area contributed by atoms with Gasteiger partial charge in [0.1, 0.15) is 11.5 Å². The van der Waals surface area contributed by atoms with Crippen LogP contribution in [-0.4, -0.2) is 28.7 Å². The molecule has 0 radical (unpaired) electrons. The van der Waals surface area contributed by atoms with Crippen molar-refractivity contribution in [2.75, 3.05) is 23.7 Å². The standard InChI is InChI=1S/C8H11N3O2/c1-11-6(8(12)13)4-5-7(11)10-3-2-9-5/h4,9-10H,2-3H2,1H3,(H,12,13). The van der Waals surface area contributed by atoms with E-state index in [4.69, 9.17) is 5.11 Å². The number of nitrogens with one attached hydrogen (secondary N) is 2. The largest absolute Gasteiger partial charge is 0.477 e. The molecule has 1 aromatic heterocycles. The first kappa shape index (κ1) is 7.97. The van der Waals surface area contributed by atoms with Crippen LogP contribution in [0.5, 0.6) is 0 Å². The number of carboxylic acids is 1. The lowest BCUT2D eigenvalue weighted by atomic mass is 10.3. The van der Waals surface area contributed by atoms with Crippen LogP contribution in [0.1, 0.15) is 10.5 Å². The van der Waals surface area contributed by atoms with Crippen LogP contribution in [0.3, 0.4) is 0 Å². The summed E-state index contributed by atoms with van der Waals surface area (Å²) in [5.74, 6) is -0.0517. The molecule has 5 heteroatoms. The van der Waals surface area contributed by atoms with E-state index in [0.717, 1.165) is 24.6 Å². The summed E-state index contributed by atoms with van der Waals surface area (Å²) in [6, 6.07) is 1.64. The molecule has 1 aliphatic heterocycles. The second kappa shape index (κ2) is 2.69. The van der Waals surface area contributed by atoms with Crippen LogP contribution < -0.4 is 10.6 Å². The summed E-state index contributed by atoms with van der Waals surface area (Å²) >= 11 is 0. The molecule has 0 spiro atoms. The van der Waals surface area contributed by atoms with Crippen LogP contribution >= 0.6 is 0 Å². The Balaban J connectivity index is 2.50. The van der Waals surface area contributed by atoms with E-state index in [1.54, 1.807) is 17.7 Å². The van der Waals surface area contributed by atoms with Crippen LogP contribution in [0, 0.1) is 0 Å². The van der Waals surface area contributed by atoms with Crippen LogP contribution in [0.25, 0.3) is 0 Å². The van der Waals surface area contributed by atoms with Crippen molar-refractivity contribution in [1.82, 2.24) is 4.57 Å². The van der Waals surface area contributed by atoms with E-state index in [-0.39, 0.29) is 0 Å². The lowest BCUT2D eigenvalue weighted by molar-refractivity contribution is 0.0687. The van der Waals surface area contributed by atoms with E-state index in [1.165, 1.54) is 0 Å². The maximum Gasteiger partial charge on any atom is 0.352 e. The quantitative estimate of drug-likeness (QED) is 0.592. The first-order valence-electron chi connectivity index (χ1n) is 4.11. The van der Waals surface area contributed by atoms with Crippen molar-refractivity contribution >= 4 is 17.5 Å². The number of carboxylic acid groups (broad SMARTS) is 1. The fourth-order valence-corrected chi connectivity index (χ4v) is 1.53. The molecule has 2 rings (SSSR count). The zero-order valence-corrected chi connectivity index (χ0v) is 7.29. The van der Waals surface area contributed by atoms with Crippen molar-refractivity contribution in [3.05, 3.63) is 11.8 Å². The molecule has 1 aromatic rings. The SMILES string of the molecule is Cn1c(C(=O)O)cc2c1NCCN2. The molecule has 2 heterocycles. The van der Waals surface area contributed by atoms with E-state index in [9.17, 15) is 4.79 Å². The minimum absolute atomic E-state index is 0.298. The summed E-state index contributed by atoms with van der Waals surface area (Å²) in [5.41, 5.74) is 1.16. The molecule has 5 nitrogen and oxygen atoms in total. The van der Waals surface area contributed by atoms with Crippen molar-refractivity contribution in [1.29, 1.82) is 0 Å². The second-order valence-electron chi connectivity index (χ2n) is 3.01. The molecule has 0 saturated carbocycles. The number of carbonyl (C=O) groups is 1. The number of anilines is 2. The molecular weight excluding hydrogens is 170 g/mol. The van der Waals surface area contributed by atoms with Gasteiger partial charge in [-0.3, -0.25) is 0 Å². The highest BCUT2D eigenvalue weighted by molar-refractivity contribution is 5.90. The van der Waals surface area contributed by atoms with Gasteiger partial charge in [-0.15, -0.1) is 0 Å². The van der Waals surface area contributed by atoms with E-state index in [0.29, 0.717) is 5.69 Å². The van der Waals surface area contributed by atoms with Gasteiger partial charge in [0.15, 0.2) is 0 Å². The molecule has 70 valence electrons. The average Bonchev–Trinajstić information content (AvgIpc) is 2.45. The maximum absolute atomic E-state index is 10.8. The molecule has 0 bridgehead atoms. The first-order chi connectivity index (χ1) is 6.20. The summed E-state index contributed by atoms with van der Waals surface area (Å²) in [5, 5.41) is 15.1. The molecule has 3 N–H and O–H groups in total. The van der Waals surface area contributed by atoms with E-state index < -0.39 is 5.97 Å². The highest BCUT2D eigenvalue weighted by Crippen LogP contribution is 2.27. The highest BCUT2D eigenvalue weighted by atomic mass is 16.4. The van der Waals surface area contributed by atoms with Crippen molar-refractivity contribution in [3.8, 4) is 0 Å². The molecule has 0 unspecified atom stereocenters. The maximum atomic E-state index is 10.8. The van der Waals surface area contributed by atoms with Gasteiger partial charge in [-0.25, -0.2) is 4.79 Å². The van der Waals surface area contributed by atoms with Gasteiger partial charge in [0.2, 0.25) is 0 Å². The Bertz CT molecular complexity index is 357. The Kier molecular flexibility index (Phi) is 1.65. The zero-order chi connectivity index (χ0) is 9.42. The van der Waals surface area contributed by atoms with Crippen LogP contribution in [0.2, 0.25) is 0 Å². The smallest absolute Gasteiger partial charge is 0.352 e. The minimum Gasteiger partial charge on any atom is -0.477 e. The Morgan fingerprint density at radius 1 is 1.54 bits per heavy atom. The summed E-state index contributed by atoms with van der Waals surface area (Å²) in [4.78, 5) is 10.8. The Morgan fingerprint density at radius 2 is 2.23 bits per heavy atom. The summed E-state index contributed by atoms with van der Waals surface area (Å²) < 4.78 is 1.64. The highest BCUT2D eigenvalue weighted by Gasteiger charge is 2.18. The number of aromatic carboxylic acids is 1. The molecular formula is C8H11N3O2. The number of rotatable bonds is 1. The van der Waals surface area contributed by atoms with Gasteiger partial charge in [0.25, 0.3) is 0 Å². The zero-order valence-electron chi connectivity index (χ0n) is 7.29. The van der Waals surface area contributed by atoms with Crippen LogP contribution in [0.4, 0.5) is 11.5 Å². The molecule has 0 aliphatic carbocycles. The van der Waals surface area contributed by atoms with Gasteiger partial charge >= 0.3 is 5.97 Å². The second-order valence-corrected chi connectivity index (χ2v) is 3.01. The molecule has 0 aromatic carbocycles. The van der Waals surface area contributed by atoms with Gasteiger partial charge in [-0.2, -0.15) is 0 Å². The number of hydrogen-bond acceptors (Lipinski definition) is 3. The van der Waals surface area contributed by atoms with Crippen molar-refractivity contribution in [3.63, 3.8) is 0 Å². The van der Waals surface area contributed by atoms with Gasteiger partial charge < -0.3 is 20.3 Å². The van der Waals surface area contributed by atoms with Gasteiger partial charge in [0.05, 0.1) is 5.69 Å². The van der Waals surface area contributed by atoms with E-state index in [1.807, 2.05) is 0 Å². The third kappa shape index (κ3) is 1.12. The lowest BCUT2D eigenvalue weighted by Gasteiger charge is -2.17. The molecule has 0 saturated heterocycles. The lowest BCUT2D eigenvalue weighted by Crippen LogP contribution is -2.21. The van der Waals surface area contributed by atoms with Crippen molar-refractivity contribution in [2.45, 2.75) is 0 Å². The van der Waals surface area contributed by atoms with Crippen LogP contribution in [0.15, 0.2) is 6.07 Å². The van der Waals surface area contributed by atoms with Gasteiger partial charge in [-0.1, -0.05) is 0 Å². The number of hydrogen-bond donors (Lipinski definition) is 3. The molecule has 0 atom stereocenters.